The molecule has 0 saturated carbocycles. The molecule has 0 aliphatic heterocycles. The van der Waals surface area contributed by atoms with Crippen molar-refractivity contribution in [2.75, 3.05) is 7.11 Å². The van der Waals surface area contributed by atoms with Crippen molar-refractivity contribution in [3.05, 3.63) is 44.3 Å². The Bertz CT molecular complexity index is 556. The van der Waals surface area contributed by atoms with Crippen LogP contribution in [-0.2, 0) is 6.54 Å². The first kappa shape index (κ1) is 14.5. The van der Waals surface area contributed by atoms with E-state index in [4.69, 9.17) is 4.74 Å². The number of hydrogen-bond acceptors (Lipinski definition) is 4. The van der Waals surface area contributed by atoms with Gasteiger partial charge in [0.1, 0.15) is 10.8 Å². The fraction of sp³-hybridized carbons (Fsp3) is 0.357. The number of halogens is 1. The van der Waals surface area contributed by atoms with E-state index in [1.54, 1.807) is 18.4 Å². The number of nitrogens with one attached hydrogen (secondary N) is 1. The number of benzene rings is 1. The largest absolute Gasteiger partial charge is 0.496 e. The molecule has 1 N–H and O–H groups in total. The van der Waals surface area contributed by atoms with E-state index in [-0.39, 0.29) is 6.04 Å². The maximum absolute atomic E-state index is 5.24. The van der Waals surface area contributed by atoms with Crippen molar-refractivity contribution < 1.29 is 4.74 Å². The van der Waals surface area contributed by atoms with Crippen molar-refractivity contribution in [2.45, 2.75) is 26.4 Å². The lowest BCUT2D eigenvalue weighted by Crippen LogP contribution is -2.18. The van der Waals surface area contributed by atoms with E-state index in [9.17, 15) is 0 Å². The highest BCUT2D eigenvalue weighted by Crippen LogP contribution is 2.28. The van der Waals surface area contributed by atoms with Gasteiger partial charge in [-0.1, -0.05) is 6.07 Å². The Hall–Kier alpha value is -0.910. The van der Waals surface area contributed by atoms with Crippen LogP contribution in [0.1, 0.15) is 29.2 Å². The lowest BCUT2D eigenvalue weighted by atomic mass is 10.1. The van der Waals surface area contributed by atoms with Crippen LogP contribution in [-0.4, -0.2) is 12.1 Å². The third-order valence-corrected chi connectivity index (χ3v) is 4.49. The van der Waals surface area contributed by atoms with Gasteiger partial charge in [0.15, 0.2) is 0 Å². The molecule has 1 aromatic carbocycles. The molecule has 1 heterocycles. The van der Waals surface area contributed by atoms with Crippen LogP contribution in [0.3, 0.4) is 0 Å². The maximum atomic E-state index is 5.24. The summed E-state index contributed by atoms with van der Waals surface area (Å²) in [5.74, 6) is 0.853. The summed E-state index contributed by atoms with van der Waals surface area (Å²) in [7, 11) is 1.67. The number of ether oxygens (including phenoxy) is 1. The summed E-state index contributed by atoms with van der Waals surface area (Å²) < 4.78 is 6.21. The minimum absolute atomic E-state index is 0.270. The quantitative estimate of drug-likeness (QED) is 0.890. The monoisotopic (exact) mass is 340 g/mol. The summed E-state index contributed by atoms with van der Waals surface area (Å²) in [4.78, 5) is 4.45. The van der Waals surface area contributed by atoms with Crippen LogP contribution in [0.5, 0.6) is 5.75 Å². The predicted octanol–water partition coefficient (Wildman–Crippen LogP) is 4.07. The van der Waals surface area contributed by atoms with E-state index in [1.165, 1.54) is 5.56 Å². The zero-order valence-electron chi connectivity index (χ0n) is 11.2. The van der Waals surface area contributed by atoms with E-state index < -0.39 is 0 Å². The van der Waals surface area contributed by atoms with Crippen LogP contribution >= 0.6 is 27.3 Å². The second-order valence-electron chi connectivity index (χ2n) is 4.38. The third-order valence-electron chi connectivity index (χ3n) is 2.90. The number of thiazole rings is 1. The van der Waals surface area contributed by atoms with Gasteiger partial charge in [0.2, 0.25) is 0 Å². The molecule has 5 heteroatoms. The maximum Gasteiger partial charge on any atom is 0.133 e. The molecule has 0 spiro atoms. The fourth-order valence-electron chi connectivity index (χ4n) is 1.79. The SMILES string of the molecule is COc1ccc(C(C)NCc2nc(C)cs2)cc1Br. The zero-order valence-corrected chi connectivity index (χ0v) is 13.6. The molecule has 2 aromatic rings. The fourth-order valence-corrected chi connectivity index (χ4v) is 3.08. The minimum Gasteiger partial charge on any atom is -0.496 e. The number of nitrogens with zero attached hydrogens (tertiary/aromatic N) is 1. The average molecular weight is 341 g/mol. The van der Waals surface area contributed by atoms with Crippen LogP contribution in [0.4, 0.5) is 0 Å². The Morgan fingerprint density at radius 3 is 2.84 bits per heavy atom. The summed E-state index contributed by atoms with van der Waals surface area (Å²) >= 11 is 5.20. The van der Waals surface area contributed by atoms with Gasteiger partial charge in [0.05, 0.1) is 11.6 Å². The van der Waals surface area contributed by atoms with E-state index >= 15 is 0 Å². The van der Waals surface area contributed by atoms with Crippen LogP contribution < -0.4 is 10.1 Å². The average Bonchev–Trinajstić information content (AvgIpc) is 2.81. The molecular formula is C14H17BrN2OS. The zero-order chi connectivity index (χ0) is 13.8. The molecule has 1 atom stereocenters. The number of aromatic nitrogens is 1. The Labute approximate surface area is 126 Å². The van der Waals surface area contributed by atoms with Crippen LogP contribution in [0, 0.1) is 6.92 Å². The Kier molecular flexibility index (Phi) is 4.96. The Balaban J connectivity index is 1.99. The highest BCUT2D eigenvalue weighted by molar-refractivity contribution is 9.10. The Morgan fingerprint density at radius 1 is 1.47 bits per heavy atom. The van der Waals surface area contributed by atoms with Crippen molar-refractivity contribution in [2.24, 2.45) is 0 Å². The first-order valence-corrected chi connectivity index (χ1v) is 7.75. The second kappa shape index (κ2) is 6.50. The highest BCUT2D eigenvalue weighted by atomic mass is 79.9. The molecule has 1 aromatic heterocycles. The summed E-state index contributed by atoms with van der Waals surface area (Å²) in [6.07, 6.45) is 0. The lowest BCUT2D eigenvalue weighted by molar-refractivity contribution is 0.411. The smallest absolute Gasteiger partial charge is 0.133 e. The first-order chi connectivity index (χ1) is 9.10. The number of hydrogen-bond donors (Lipinski definition) is 1. The van der Waals surface area contributed by atoms with Crippen molar-refractivity contribution in [3.8, 4) is 5.75 Å². The van der Waals surface area contributed by atoms with Crippen molar-refractivity contribution >= 4 is 27.3 Å². The van der Waals surface area contributed by atoms with Gasteiger partial charge in [0.25, 0.3) is 0 Å². The molecule has 3 nitrogen and oxygen atoms in total. The predicted molar refractivity (Wildman–Crippen MR) is 82.8 cm³/mol. The molecule has 102 valence electrons. The van der Waals surface area contributed by atoms with E-state index in [0.717, 1.165) is 27.5 Å². The Morgan fingerprint density at radius 2 is 2.26 bits per heavy atom. The standard InChI is InChI=1S/C14H17BrN2OS/c1-9-8-19-14(17-9)7-16-10(2)11-4-5-13(18-3)12(15)6-11/h4-6,8,10,16H,7H2,1-3H3. The highest BCUT2D eigenvalue weighted by Gasteiger charge is 2.09. The molecular weight excluding hydrogens is 324 g/mol. The van der Waals surface area contributed by atoms with Crippen molar-refractivity contribution in [1.29, 1.82) is 0 Å². The molecule has 0 amide bonds. The number of methoxy groups -OCH3 is 1. The van der Waals surface area contributed by atoms with Gasteiger partial charge in [-0.3, -0.25) is 0 Å². The summed E-state index contributed by atoms with van der Waals surface area (Å²) in [5, 5.41) is 6.68. The normalized spacial score (nSPS) is 12.4. The van der Waals surface area contributed by atoms with Gasteiger partial charge >= 0.3 is 0 Å². The molecule has 19 heavy (non-hydrogen) atoms. The van der Waals surface area contributed by atoms with Gasteiger partial charge in [-0.05, 0) is 47.5 Å². The van der Waals surface area contributed by atoms with Crippen molar-refractivity contribution in [1.82, 2.24) is 10.3 Å². The molecule has 0 aliphatic rings. The van der Waals surface area contributed by atoms with Gasteiger partial charge in [-0.2, -0.15) is 0 Å². The van der Waals surface area contributed by atoms with E-state index in [2.05, 4.69) is 50.7 Å². The van der Waals surface area contributed by atoms with Crippen molar-refractivity contribution in [3.63, 3.8) is 0 Å². The molecule has 0 saturated heterocycles. The summed E-state index contributed by atoms with van der Waals surface area (Å²) in [6.45, 7) is 4.96. The van der Waals surface area contributed by atoms with Crippen LogP contribution in [0.15, 0.2) is 28.1 Å². The van der Waals surface area contributed by atoms with E-state index in [0.29, 0.717) is 0 Å². The second-order valence-corrected chi connectivity index (χ2v) is 6.18. The molecule has 0 aliphatic carbocycles. The third kappa shape index (κ3) is 3.78. The van der Waals surface area contributed by atoms with Crippen LogP contribution in [0.25, 0.3) is 0 Å². The molecule has 0 radical (unpaired) electrons. The molecule has 1 unspecified atom stereocenters. The summed E-state index contributed by atoms with van der Waals surface area (Å²) in [6, 6.07) is 6.41. The van der Waals surface area contributed by atoms with Gasteiger partial charge in [0, 0.05) is 23.7 Å². The van der Waals surface area contributed by atoms with Gasteiger partial charge in [-0.25, -0.2) is 4.98 Å². The van der Waals surface area contributed by atoms with Crippen LogP contribution in [0.2, 0.25) is 0 Å². The van der Waals surface area contributed by atoms with Gasteiger partial charge in [-0.15, -0.1) is 11.3 Å². The molecule has 2 rings (SSSR count). The molecule has 0 bridgehead atoms. The number of aryl methyl sites for hydroxylation is 1. The topological polar surface area (TPSA) is 34.1 Å². The first-order valence-electron chi connectivity index (χ1n) is 6.08. The lowest BCUT2D eigenvalue weighted by Gasteiger charge is -2.14. The minimum atomic E-state index is 0.270. The number of rotatable bonds is 5. The van der Waals surface area contributed by atoms with E-state index in [1.807, 2.05) is 13.0 Å². The summed E-state index contributed by atoms with van der Waals surface area (Å²) in [5.41, 5.74) is 2.31. The molecule has 0 fully saturated rings. The van der Waals surface area contributed by atoms with Gasteiger partial charge < -0.3 is 10.1 Å².